The Bertz CT molecular complexity index is 574. The summed E-state index contributed by atoms with van der Waals surface area (Å²) in [4.78, 5) is 12.1. The number of amides is 1. The van der Waals surface area contributed by atoms with Gasteiger partial charge < -0.3 is 15.2 Å². The van der Waals surface area contributed by atoms with Crippen molar-refractivity contribution in [1.82, 2.24) is 5.32 Å². The van der Waals surface area contributed by atoms with E-state index < -0.39 is 12.5 Å². The van der Waals surface area contributed by atoms with Gasteiger partial charge in [-0.3, -0.25) is 4.79 Å². The van der Waals surface area contributed by atoms with Crippen LogP contribution in [0.25, 0.3) is 0 Å². The standard InChI is InChI=1S/C17H22F3NO3/c1-10(2)7-11(22)9-21-16(23)14-8-13(14)12-5-3-4-6-15(12)24-17(18,19)20/h3-6,10-11,13-14,22H,7-9H2,1-2H3,(H,21,23). The summed E-state index contributed by atoms with van der Waals surface area (Å²) in [6.07, 6.45) is -4.32. The molecule has 1 aliphatic carbocycles. The zero-order valence-corrected chi connectivity index (χ0v) is 13.6. The minimum Gasteiger partial charge on any atom is -0.405 e. The number of hydrogen-bond acceptors (Lipinski definition) is 3. The van der Waals surface area contributed by atoms with Crippen molar-refractivity contribution in [1.29, 1.82) is 0 Å². The van der Waals surface area contributed by atoms with Crippen molar-refractivity contribution < 1.29 is 27.8 Å². The summed E-state index contributed by atoms with van der Waals surface area (Å²) in [6.45, 7) is 4.10. The van der Waals surface area contributed by atoms with E-state index in [0.29, 0.717) is 24.3 Å². The molecule has 2 N–H and O–H groups in total. The molecule has 1 aromatic rings. The Labute approximate surface area is 139 Å². The number of rotatable bonds is 7. The van der Waals surface area contributed by atoms with Gasteiger partial charge in [0.05, 0.1) is 6.10 Å². The maximum atomic E-state index is 12.4. The second-order valence-electron chi connectivity index (χ2n) is 6.56. The lowest BCUT2D eigenvalue weighted by Crippen LogP contribution is -2.34. The number of para-hydroxylation sites is 1. The van der Waals surface area contributed by atoms with Crippen LogP contribution in [-0.2, 0) is 4.79 Å². The predicted molar refractivity (Wildman–Crippen MR) is 82.4 cm³/mol. The SMILES string of the molecule is CC(C)CC(O)CNC(=O)C1CC1c1ccccc1OC(F)(F)F. The third-order valence-corrected chi connectivity index (χ3v) is 3.93. The van der Waals surface area contributed by atoms with Crippen LogP contribution in [0.15, 0.2) is 24.3 Å². The Morgan fingerprint density at radius 2 is 2.04 bits per heavy atom. The molecule has 1 amide bonds. The highest BCUT2D eigenvalue weighted by Gasteiger charge is 2.46. The summed E-state index contributed by atoms with van der Waals surface area (Å²) in [5.74, 6) is -0.855. The van der Waals surface area contributed by atoms with Gasteiger partial charge in [-0.25, -0.2) is 0 Å². The van der Waals surface area contributed by atoms with Gasteiger partial charge in [-0.1, -0.05) is 32.0 Å². The number of carbonyl (C=O) groups is 1. The fourth-order valence-electron chi connectivity index (χ4n) is 2.81. The van der Waals surface area contributed by atoms with Crippen molar-refractivity contribution >= 4 is 5.91 Å². The number of halogens is 3. The zero-order chi connectivity index (χ0) is 17.9. The topological polar surface area (TPSA) is 58.6 Å². The van der Waals surface area contributed by atoms with Crippen molar-refractivity contribution in [2.24, 2.45) is 11.8 Å². The molecule has 1 aromatic carbocycles. The molecule has 0 bridgehead atoms. The number of aliphatic hydroxyl groups excluding tert-OH is 1. The molecular weight excluding hydrogens is 323 g/mol. The average molecular weight is 345 g/mol. The number of carbonyl (C=O) groups excluding carboxylic acids is 1. The molecule has 0 saturated heterocycles. The first-order valence-corrected chi connectivity index (χ1v) is 7.98. The highest BCUT2D eigenvalue weighted by molar-refractivity contribution is 5.83. The molecule has 0 aliphatic heterocycles. The van der Waals surface area contributed by atoms with Crippen LogP contribution in [0.2, 0.25) is 0 Å². The highest BCUT2D eigenvalue weighted by Crippen LogP contribution is 2.50. The first-order valence-electron chi connectivity index (χ1n) is 7.98. The number of benzene rings is 1. The molecule has 24 heavy (non-hydrogen) atoms. The number of alkyl halides is 3. The minimum atomic E-state index is -4.76. The normalized spacial score (nSPS) is 21.5. The van der Waals surface area contributed by atoms with Crippen LogP contribution in [0.4, 0.5) is 13.2 Å². The highest BCUT2D eigenvalue weighted by atomic mass is 19.4. The van der Waals surface area contributed by atoms with E-state index in [0.717, 1.165) is 0 Å². The van der Waals surface area contributed by atoms with Gasteiger partial charge in [0.25, 0.3) is 0 Å². The van der Waals surface area contributed by atoms with E-state index in [-0.39, 0.29) is 30.0 Å². The molecule has 7 heteroatoms. The largest absolute Gasteiger partial charge is 0.573 e. The van der Waals surface area contributed by atoms with E-state index in [9.17, 15) is 23.1 Å². The van der Waals surface area contributed by atoms with Gasteiger partial charge in [-0.2, -0.15) is 0 Å². The van der Waals surface area contributed by atoms with Crippen LogP contribution in [0, 0.1) is 11.8 Å². The molecule has 3 unspecified atom stereocenters. The van der Waals surface area contributed by atoms with Crippen molar-refractivity contribution in [2.45, 2.75) is 45.1 Å². The molecular formula is C17H22F3NO3. The number of aliphatic hydroxyl groups is 1. The summed E-state index contributed by atoms with van der Waals surface area (Å²) < 4.78 is 41.4. The third-order valence-electron chi connectivity index (χ3n) is 3.93. The Balaban J connectivity index is 1.92. The van der Waals surface area contributed by atoms with Gasteiger partial charge >= 0.3 is 6.36 Å². The summed E-state index contributed by atoms with van der Waals surface area (Å²) in [6, 6.07) is 5.89. The van der Waals surface area contributed by atoms with Crippen LogP contribution >= 0.6 is 0 Å². The Morgan fingerprint density at radius 1 is 1.38 bits per heavy atom. The van der Waals surface area contributed by atoms with Crippen molar-refractivity contribution in [3.8, 4) is 5.75 Å². The Morgan fingerprint density at radius 3 is 2.67 bits per heavy atom. The molecule has 1 fully saturated rings. The van der Waals surface area contributed by atoms with Crippen LogP contribution < -0.4 is 10.1 Å². The minimum absolute atomic E-state index is 0.154. The quantitative estimate of drug-likeness (QED) is 0.798. The summed E-state index contributed by atoms with van der Waals surface area (Å²) >= 11 is 0. The summed E-state index contributed by atoms with van der Waals surface area (Å²) in [5.41, 5.74) is 0.387. The fourth-order valence-corrected chi connectivity index (χ4v) is 2.81. The van der Waals surface area contributed by atoms with E-state index in [4.69, 9.17) is 0 Å². The molecule has 4 nitrogen and oxygen atoms in total. The maximum absolute atomic E-state index is 12.4. The van der Waals surface area contributed by atoms with Gasteiger partial charge in [-0.15, -0.1) is 13.2 Å². The van der Waals surface area contributed by atoms with Crippen molar-refractivity contribution in [3.05, 3.63) is 29.8 Å². The van der Waals surface area contributed by atoms with Crippen LogP contribution in [-0.4, -0.2) is 30.0 Å². The summed E-state index contributed by atoms with van der Waals surface area (Å²) in [5, 5.41) is 12.4. The summed E-state index contributed by atoms with van der Waals surface area (Å²) in [7, 11) is 0. The van der Waals surface area contributed by atoms with Gasteiger partial charge in [0, 0.05) is 12.5 Å². The molecule has 1 saturated carbocycles. The zero-order valence-electron chi connectivity index (χ0n) is 13.6. The smallest absolute Gasteiger partial charge is 0.405 e. The average Bonchev–Trinajstić information content (AvgIpc) is 3.23. The Hall–Kier alpha value is -1.76. The van der Waals surface area contributed by atoms with E-state index in [1.165, 1.54) is 12.1 Å². The molecule has 0 radical (unpaired) electrons. The van der Waals surface area contributed by atoms with Crippen LogP contribution in [0.5, 0.6) is 5.75 Å². The second-order valence-corrected chi connectivity index (χ2v) is 6.56. The van der Waals surface area contributed by atoms with Crippen LogP contribution in [0.3, 0.4) is 0 Å². The van der Waals surface area contributed by atoms with Gasteiger partial charge in [0.1, 0.15) is 5.75 Å². The monoisotopic (exact) mass is 345 g/mol. The second kappa shape index (κ2) is 7.42. The van der Waals surface area contributed by atoms with Gasteiger partial charge in [-0.05, 0) is 36.3 Å². The van der Waals surface area contributed by atoms with Crippen LogP contribution in [0.1, 0.15) is 38.2 Å². The number of ether oxygens (including phenoxy) is 1. The molecule has 0 spiro atoms. The maximum Gasteiger partial charge on any atom is 0.573 e. The van der Waals surface area contributed by atoms with Crippen molar-refractivity contribution in [2.75, 3.05) is 6.54 Å². The number of hydrogen-bond donors (Lipinski definition) is 2. The Kier molecular flexibility index (Phi) is 5.74. The van der Waals surface area contributed by atoms with E-state index in [1.807, 2.05) is 13.8 Å². The van der Waals surface area contributed by atoms with E-state index in [2.05, 4.69) is 10.1 Å². The fraction of sp³-hybridized carbons (Fsp3) is 0.588. The molecule has 0 aromatic heterocycles. The lowest BCUT2D eigenvalue weighted by atomic mass is 10.1. The van der Waals surface area contributed by atoms with Gasteiger partial charge in [0.2, 0.25) is 5.91 Å². The molecule has 3 atom stereocenters. The lowest BCUT2D eigenvalue weighted by molar-refractivity contribution is -0.274. The predicted octanol–water partition coefficient (Wildman–Crippen LogP) is 3.21. The lowest BCUT2D eigenvalue weighted by Gasteiger charge is -2.14. The molecule has 2 rings (SSSR count). The molecule has 1 aliphatic rings. The number of nitrogens with one attached hydrogen (secondary N) is 1. The van der Waals surface area contributed by atoms with E-state index in [1.54, 1.807) is 12.1 Å². The third kappa shape index (κ3) is 5.40. The first-order chi connectivity index (χ1) is 11.2. The molecule has 134 valence electrons. The molecule has 0 heterocycles. The van der Waals surface area contributed by atoms with E-state index >= 15 is 0 Å². The van der Waals surface area contributed by atoms with Crippen molar-refractivity contribution in [3.63, 3.8) is 0 Å². The first kappa shape index (κ1) is 18.6. The van der Waals surface area contributed by atoms with Gasteiger partial charge in [0.15, 0.2) is 0 Å².